The van der Waals surface area contributed by atoms with E-state index in [1.807, 2.05) is 39.1 Å². The van der Waals surface area contributed by atoms with Crippen molar-refractivity contribution in [2.24, 2.45) is 5.41 Å². The summed E-state index contributed by atoms with van der Waals surface area (Å²) in [6.45, 7) is 4.40. The van der Waals surface area contributed by atoms with E-state index in [0.717, 1.165) is 11.4 Å². The summed E-state index contributed by atoms with van der Waals surface area (Å²) in [5.74, 6) is 0.620. The number of rotatable bonds is 4. The Balaban J connectivity index is 2.36. The number of amides is 1. The van der Waals surface area contributed by atoms with Crippen LogP contribution in [-0.2, 0) is 4.79 Å². The molecule has 0 aliphatic carbocycles. The third-order valence-electron chi connectivity index (χ3n) is 3.20. The van der Waals surface area contributed by atoms with Crippen molar-refractivity contribution in [3.8, 4) is 5.75 Å². The average molecular weight is 264 g/mol. The lowest BCUT2D eigenvalue weighted by molar-refractivity contribution is -0.121. The largest absolute Gasteiger partial charge is 0.482 e. The second-order valence-corrected chi connectivity index (χ2v) is 5.52. The fourth-order valence-electron chi connectivity index (χ4n) is 2.01. The van der Waals surface area contributed by atoms with E-state index in [9.17, 15) is 9.90 Å². The van der Waals surface area contributed by atoms with Crippen molar-refractivity contribution in [3.63, 3.8) is 0 Å². The normalized spacial score (nSPS) is 14.9. The van der Waals surface area contributed by atoms with E-state index in [1.165, 1.54) is 0 Å². The molecule has 0 saturated heterocycles. The molecule has 1 heterocycles. The molecule has 5 nitrogen and oxygen atoms in total. The van der Waals surface area contributed by atoms with Crippen LogP contribution in [0.2, 0.25) is 0 Å². The van der Waals surface area contributed by atoms with Gasteiger partial charge in [-0.3, -0.25) is 4.79 Å². The molecule has 1 aliphatic rings. The Bertz CT molecular complexity index is 486. The molecule has 19 heavy (non-hydrogen) atoms. The number of nitrogens with one attached hydrogen (secondary N) is 1. The van der Waals surface area contributed by atoms with Crippen LogP contribution in [0.3, 0.4) is 0 Å². The minimum Gasteiger partial charge on any atom is -0.482 e. The second-order valence-electron chi connectivity index (χ2n) is 5.52. The predicted octanol–water partition coefficient (Wildman–Crippen LogP) is 1.47. The lowest BCUT2D eigenvalue weighted by Gasteiger charge is -2.35. The van der Waals surface area contributed by atoms with Crippen LogP contribution in [0.15, 0.2) is 18.2 Å². The van der Waals surface area contributed by atoms with Crippen LogP contribution in [0.1, 0.15) is 13.8 Å². The molecule has 0 spiro atoms. The van der Waals surface area contributed by atoms with Gasteiger partial charge in [-0.1, -0.05) is 13.8 Å². The van der Waals surface area contributed by atoms with Crippen molar-refractivity contribution in [2.45, 2.75) is 13.8 Å². The van der Waals surface area contributed by atoms with E-state index in [2.05, 4.69) is 5.32 Å². The first-order valence-corrected chi connectivity index (χ1v) is 6.33. The number of aliphatic hydroxyl groups excluding tert-OH is 1. The number of carbonyl (C=O) groups excluding carboxylic acids is 1. The molecule has 1 aromatic rings. The summed E-state index contributed by atoms with van der Waals surface area (Å²) in [5.41, 5.74) is 1.33. The maximum atomic E-state index is 12.0. The topological polar surface area (TPSA) is 61.8 Å². The molecule has 0 fully saturated rings. The van der Waals surface area contributed by atoms with E-state index in [1.54, 1.807) is 4.90 Å². The van der Waals surface area contributed by atoms with E-state index >= 15 is 0 Å². The van der Waals surface area contributed by atoms with Crippen molar-refractivity contribution >= 4 is 17.3 Å². The molecule has 0 unspecified atom stereocenters. The second kappa shape index (κ2) is 5.09. The number of hydrogen-bond donors (Lipinski definition) is 2. The minimum atomic E-state index is -0.347. The quantitative estimate of drug-likeness (QED) is 0.864. The highest BCUT2D eigenvalue weighted by molar-refractivity contribution is 5.98. The number of benzene rings is 1. The summed E-state index contributed by atoms with van der Waals surface area (Å²) >= 11 is 0. The summed E-state index contributed by atoms with van der Waals surface area (Å²) in [6, 6.07) is 5.65. The zero-order valence-corrected chi connectivity index (χ0v) is 11.6. The van der Waals surface area contributed by atoms with Crippen LogP contribution in [0.25, 0.3) is 0 Å². The summed E-state index contributed by atoms with van der Waals surface area (Å²) in [4.78, 5) is 13.7. The molecule has 1 amide bonds. The van der Waals surface area contributed by atoms with Gasteiger partial charge in [0.05, 0.1) is 5.69 Å². The van der Waals surface area contributed by atoms with Gasteiger partial charge in [-0.15, -0.1) is 0 Å². The first-order chi connectivity index (χ1) is 8.96. The first-order valence-electron chi connectivity index (χ1n) is 6.33. The number of hydrogen-bond acceptors (Lipinski definition) is 4. The summed E-state index contributed by atoms with van der Waals surface area (Å²) in [7, 11) is 1.83. The van der Waals surface area contributed by atoms with Gasteiger partial charge in [-0.2, -0.15) is 0 Å². The highest BCUT2D eigenvalue weighted by atomic mass is 16.5. The minimum absolute atomic E-state index is 0.0265. The third-order valence-corrected chi connectivity index (χ3v) is 3.20. The average Bonchev–Trinajstić information content (AvgIpc) is 2.41. The number of carbonyl (C=O) groups is 1. The fraction of sp³-hybridized carbons (Fsp3) is 0.500. The zero-order valence-electron chi connectivity index (χ0n) is 11.6. The van der Waals surface area contributed by atoms with Crippen molar-refractivity contribution in [1.29, 1.82) is 0 Å². The fourth-order valence-corrected chi connectivity index (χ4v) is 2.01. The van der Waals surface area contributed by atoms with Crippen LogP contribution in [0.5, 0.6) is 5.75 Å². The number of aliphatic hydroxyl groups is 1. The molecular formula is C14H20N2O3. The molecule has 0 saturated carbocycles. The van der Waals surface area contributed by atoms with E-state index in [4.69, 9.17) is 4.74 Å². The van der Waals surface area contributed by atoms with Crippen molar-refractivity contribution in [2.75, 3.05) is 37.0 Å². The van der Waals surface area contributed by atoms with E-state index < -0.39 is 0 Å². The number of ether oxygens (including phenoxy) is 1. The van der Waals surface area contributed by atoms with Gasteiger partial charge < -0.3 is 20.1 Å². The summed E-state index contributed by atoms with van der Waals surface area (Å²) in [5, 5.41) is 12.4. The van der Waals surface area contributed by atoms with Gasteiger partial charge in [0.25, 0.3) is 5.91 Å². The molecule has 2 rings (SSSR count). The lowest BCUT2D eigenvalue weighted by atomic mass is 9.93. The SMILES string of the molecule is CNc1ccc2c(c1)N(CC(C)(C)CO)C(=O)CO2. The van der Waals surface area contributed by atoms with Crippen LogP contribution in [-0.4, -0.2) is 37.8 Å². The Labute approximate surface area is 113 Å². The molecule has 0 radical (unpaired) electrons. The van der Waals surface area contributed by atoms with Crippen LogP contribution >= 0.6 is 0 Å². The maximum absolute atomic E-state index is 12.0. The molecule has 0 aromatic heterocycles. The third kappa shape index (κ3) is 2.81. The monoisotopic (exact) mass is 264 g/mol. The van der Waals surface area contributed by atoms with Crippen molar-refractivity contribution in [3.05, 3.63) is 18.2 Å². The molecule has 0 atom stereocenters. The Morgan fingerprint density at radius 2 is 2.21 bits per heavy atom. The predicted molar refractivity (Wildman–Crippen MR) is 74.7 cm³/mol. The Morgan fingerprint density at radius 3 is 2.84 bits per heavy atom. The maximum Gasteiger partial charge on any atom is 0.265 e. The lowest BCUT2D eigenvalue weighted by Crippen LogP contribution is -2.45. The van der Waals surface area contributed by atoms with Crippen LogP contribution in [0, 0.1) is 5.41 Å². The highest BCUT2D eigenvalue weighted by Crippen LogP contribution is 2.36. The number of nitrogens with zero attached hydrogens (tertiary/aromatic N) is 1. The Morgan fingerprint density at radius 1 is 1.47 bits per heavy atom. The van der Waals surface area contributed by atoms with Crippen LogP contribution in [0.4, 0.5) is 11.4 Å². The van der Waals surface area contributed by atoms with Gasteiger partial charge in [0.15, 0.2) is 6.61 Å². The number of anilines is 2. The van der Waals surface area contributed by atoms with Crippen LogP contribution < -0.4 is 15.0 Å². The number of fused-ring (bicyclic) bond motifs is 1. The standard InChI is InChI=1S/C14H20N2O3/c1-14(2,9-17)8-16-11-6-10(15-3)4-5-12(11)19-7-13(16)18/h4-6,15,17H,7-9H2,1-3H3. The van der Waals surface area contributed by atoms with Gasteiger partial charge in [0, 0.05) is 31.3 Å². The zero-order chi connectivity index (χ0) is 14.0. The Kier molecular flexibility index (Phi) is 3.66. The van der Waals surface area contributed by atoms with Gasteiger partial charge >= 0.3 is 0 Å². The summed E-state index contributed by atoms with van der Waals surface area (Å²) < 4.78 is 5.43. The van der Waals surface area contributed by atoms with Crippen molar-refractivity contribution in [1.82, 2.24) is 0 Å². The van der Waals surface area contributed by atoms with Gasteiger partial charge in [-0.25, -0.2) is 0 Å². The molecular weight excluding hydrogens is 244 g/mol. The molecule has 5 heteroatoms. The smallest absolute Gasteiger partial charge is 0.265 e. The summed E-state index contributed by atoms with van der Waals surface area (Å²) in [6.07, 6.45) is 0. The molecule has 1 aromatic carbocycles. The van der Waals surface area contributed by atoms with E-state index in [0.29, 0.717) is 12.3 Å². The van der Waals surface area contributed by atoms with E-state index in [-0.39, 0.29) is 24.5 Å². The molecule has 2 N–H and O–H groups in total. The molecule has 0 bridgehead atoms. The van der Waals surface area contributed by atoms with Gasteiger partial charge in [0.2, 0.25) is 0 Å². The first kappa shape index (κ1) is 13.7. The van der Waals surface area contributed by atoms with Gasteiger partial charge in [0.1, 0.15) is 5.75 Å². The Hall–Kier alpha value is -1.75. The molecule has 104 valence electrons. The van der Waals surface area contributed by atoms with Crippen molar-refractivity contribution < 1.29 is 14.6 Å². The molecule has 1 aliphatic heterocycles. The highest BCUT2D eigenvalue weighted by Gasteiger charge is 2.30. The van der Waals surface area contributed by atoms with Gasteiger partial charge in [-0.05, 0) is 18.2 Å².